The summed E-state index contributed by atoms with van der Waals surface area (Å²) in [6.07, 6.45) is -7.31. The highest BCUT2D eigenvalue weighted by atomic mass is 19.4. The van der Waals surface area contributed by atoms with Crippen molar-refractivity contribution >= 4 is 11.8 Å². The summed E-state index contributed by atoms with van der Waals surface area (Å²) in [5, 5.41) is 0. The number of rotatable bonds is 3. The van der Waals surface area contributed by atoms with E-state index in [1.165, 1.54) is 4.90 Å². The molecule has 0 unspecified atom stereocenters. The summed E-state index contributed by atoms with van der Waals surface area (Å²) in [6.45, 7) is 2.79. The highest BCUT2D eigenvalue weighted by molar-refractivity contribution is 6.03. The molecule has 0 N–H and O–H groups in total. The van der Waals surface area contributed by atoms with E-state index in [9.17, 15) is 31.5 Å². The van der Waals surface area contributed by atoms with Gasteiger partial charge < -0.3 is 9.80 Å². The molecule has 2 aliphatic heterocycles. The lowest BCUT2D eigenvalue weighted by molar-refractivity contribution is -0.138. The van der Waals surface area contributed by atoms with Gasteiger partial charge in [-0.05, 0) is 31.5 Å². The molecule has 0 aliphatic carbocycles. The molecule has 1 saturated heterocycles. The van der Waals surface area contributed by atoms with Crippen LogP contribution in [0.5, 0.6) is 0 Å². The van der Waals surface area contributed by atoms with E-state index in [2.05, 4.69) is 0 Å². The molecule has 142 valence electrons. The second-order valence-corrected chi connectivity index (χ2v) is 6.88. The van der Waals surface area contributed by atoms with Crippen LogP contribution in [0.15, 0.2) is 12.1 Å². The van der Waals surface area contributed by atoms with Crippen molar-refractivity contribution in [3.8, 4) is 0 Å². The predicted molar refractivity (Wildman–Crippen MR) is 81.9 cm³/mol. The SMILES string of the molecule is CC(C)N1Cc2c(cc(C(=O)N3CC(C(F)F)C3)cc2C(F)(F)F)C1=O. The Kier molecular flexibility index (Phi) is 4.44. The van der Waals surface area contributed by atoms with Crippen molar-refractivity contribution in [3.05, 3.63) is 34.4 Å². The Morgan fingerprint density at radius 3 is 2.31 bits per heavy atom. The first-order valence-electron chi connectivity index (χ1n) is 8.13. The van der Waals surface area contributed by atoms with Crippen molar-refractivity contribution in [1.29, 1.82) is 0 Å². The molecule has 0 bridgehead atoms. The number of benzene rings is 1. The van der Waals surface area contributed by atoms with Crippen LogP contribution < -0.4 is 0 Å². The lowest BCUT2D eigenvalue weighted by Gasteiger charge is -2.38. The largest absolute Gasteiger partial charge is 0.416 e. The smallest absolute Gasteiger partial charge is 0.338 e. The molecule has 4 nitrogen and oxygen atoms in total. The standard InChI is InChI=1S/C17H17F5N2O2/c1-8(2)24-7-12-11(16(24)26)3-9(4-13(12)17(20,21)22)15(25)23-5-10(6-23)14(18)19/h3-4,8,10,14H,5-7H2,1-2H3. The van der Waals surface area contributed by atoms with Gasteiger partial charge in [0.05, 0.1) is 11.5 Å². The first-order chi connectivity index (χ1) is 12.0. The Morgan fingerprint density at radius 1 is 1.19 bits per heavy atom. The van der Waals surface area contributed by atoms with Crippen molar-refractivity contribution in [2.24, 2.45) is 5.92 Å². The number of nitrogens with zero attached hydrogens (tertiary/aromatic N) is 2. The minimum absolute atomic E-state index is 0.150. The quantitative estimate of drug-likeness (QED) is 0.759. The third kappa shape index (κ3) is 3.03. The summed E-state index contributed by atoms with van der Waals surface area (Å²) in [4.78, 5) is 27.2. The minimum atomic E-state index is -4.73. The Hall–Kier alpha value is -2.19. The van der Waals surface area contributed by atoms with Crippen molar-refractivity contribution in [2.45, 2.75) is 39.0 Å². The summed E-state index contributed by atoms with van der Waals surface area (Å²) >= 11 is 0. The number of hydrogen-bond acceptors (Lipinski definition) is 2. The molecule has 26 heavy (non-hydrogen) atoms. The van der Waals surface area contributed by atoms with E-state index in [-0.39, 0.29) is 42.4 Å². The van der Waals surface area contributed by atoms with Gasteiger partial charge in [-0.2, -0.15) is 13.2 Å². The topological polar surface area (TPSA) is 40.6 Å². The van der Waals surface area contributed by atoms with Crippen molar-refractivity contribution in [1.82, 2.24) is 9.80 Å². The fourth-order valence-electron chi connectivity index (χ4n) is 3.24. The lowest BCUT2D eigenvalue weighted by atomic mass is 9.95. The molecular formula is C17H17F5N2O2. The van der Waals surface area contributed by atoms with Gasteiger partial charge in [-0.25, -0.2) is 8.78 Å². The van der Waals surface area contributed by atoms with Crippen molar-refractivity contribution in [2.75, 3.05) is 13.1 Å². The third-order valence-electron chi connectivity index (χ3n) is 4.80. The molecule has 0 spiro atoms. The maximum absolute atomic E-state index is 13.5. The molecule has 0 radical (unpaired) electrons. The van der Waals surface area contributed by atoms with Crippen LogP contribution in [-0.2, 0) is 12.7 Å². The molecule has 1 aromatic carbocycles. The predicted octanol–water partition coefficient (Wildman–Crippen LogP) is 3.41. The first-order valence-corrected chi connectivity index (χ1v) is 8.13. The fourth-order valence-corrected chi connectivity index (χ4v) is 3.24. The van der Waals surface area contributed by atoms with Crippen LogP contribution in [-0.4, -0.2) is 47.2 Å². The number of carbonyl (C=O) groups excluding carboxylic acids is 2. The van der Waals surface area contributed by atoms with Gasteiger partial charge >= 0.3 is 6.18 Å². The Balaban J connectivity index is 1.97. The minimum Gasteiger partial charge on any atom is -0.338 e. The van der Waals surface area contributed by atoms with Crippen LogP contribution >= 0.6 is 0 Å². The number of fused-ring (bicyclic) bond motifs is 1. The van der Waals surface area contributed by atoms with Gasteiger partial charge in [0, 0.05) is 36.8 Å². The summed E-state index contributed by atoms with van der Waals surface area (Å²) in [6, 6.07) is 1.57. The van der Waals surface area contributed by atoms with Gasteiger partial charge in [0.15, 0.2) is 0 Å². The average molecular weight is 376 g/mol. The highest BCUT2D eigenvalue weighted by Crippen LogP contribution is 2.39. The zero-order valence-corrected chi connectivity index (χ0v) is 14.1. The molecular weight excluding hydrogens is 359 g/mol. The maximum Gasteiger partial charge on any atom is 0.416 e. The lowest BCUT2D eigenvalue weighted by Crippen LogP contribution is -2.52. The molecule has 3 rings (SSSR count). The second-order valence-electron chi connectivity index (χ2n) is 6.88. The summed E-state index contributed by atoms with van der Waals surface area (Å²) in [5.74, 6) is -2.30. The molecule has 0 atom stereocenters. The van der Waals surface area contributed by atoms with E-state index >= 15 is 0 Å². The van der Waals surface area contributed by atoms with Gasteiger partial charge in [-0.3, -0.25) is 9.59 Å². The van der Waals surface area contributed by atoms with Crippen LogP contribution in [0.4, 0.5) is 22.0 Å². The number of carbonyl (C=O) groups is 2. The Bertz CT molecular complexity index is 754. The van der Waals surface area contributed by atoms with E-state index < -0.39 is 35.9 Å². The van der Waals surface area contributed by atoms with Crippen LogP contribution in [0, 0.1) is 5.92 Å². The Labute approximate surface area is 146 Å². The van der Waals surface area contributed by atoms with Gasteiger partial charge in [0.25, 0.3) is 11.8 Å². The van der Waals surface area contributed by atoms with Crippen LogP contribution in [0.25, 0.3) is 0 Å². The van der Waals surface area contributed by atoms with Crippen LogP contribution in [0.1, 0.15) is 45.7 Å². The maximum atomic E-state index is 13.5. The zero-order valence-electron chi connectivity index (χ0n) is 14.1. The van der Waals surface area contributed by atoms with E-state index in [4.69, 9.17) is 0 Å². The number of amides is 2. The van der Waals surface area contributed by atoms with Crippen LogP contribution in [0.2, 0.25) is 0 Å². The summed E-state index contributed by atoms with van der Waals surface area (Å²) in [5.41, 5.74) is -1.63. The highest BCUT2D eigenvalue weighted by Gasteiger charge is 2.42. The number of halogens is 5. The Morgan fingerprint density at radius 2 is 1.81 bits per heavy atom. The molecule has 2 heterocycles. The molecule has 0 saturated carbocycles. The molecule has 0 aromatic heterocycles. The van der Waals surface area contributed by atoms with Crippen LogP contribution in [0.3, 0.4) is 0 Å². The first kappa shape index (κ1) is 18.6. The monoisotopic (exact) mass is 376 g/mol. The second kappa shape index (κ2) is 6.21. The van der Waals surface area contributed by atoms with Gasteiger partial charge in [0.2, 0.25) is 6.43 Å². The van der Waals surface area contributed by atoms with E-state index in [1.807, 2.05) is 0 Å². The number of alkyl halides is 5. The van der Waals surface area contributed by atoms with Gasteiger partial charge in [-0.15, -0.1) is 0 Å². The molecule has 2 amide bonds. The summed E-state index contributed by atoms with van der Waals surface area (Å²) in [7, 11) is 0. The summed E-state index contributed by atoms with van der Waals surface area (Å²) < 4.78 is 65.5. The molecule has 2 aliphatic rings. The van der Waals surface area contributed by atoms with Crippen molar-refractivity contribution < 1.29 is 31.5 Å². The van der Waals surface area contributed by atoms with Crippen molar-refractivity contribution in [3.63, 3.8) is 0 Å². The fraction of sp³-hybridized carbons (Fsp3) is 0.529. The van der Waals surface area contributed by atoms with E-state index in [0.717, 1.165) is 11.0 Å². The average Bonchev–Trinajstić information content (AvgIpc) is 2.80. The molecule has 1 fully saturated rings. The molecule has 9 heteroatoms. The number of likely N-dealkylation sites (tertiary alicyclic amines) is 1. The number of hydrogen-bond donors (Lipinski definition) is 0. The zero-order chi connectivity index (χ0) is 19.4. The van der Waals surface area contributed by atoms with E-state index in [1.54, 1.807) is 13.8 Å². The van der Waals surface area contributed by atoms with Gasteiger partial charge in [-0.1, -0.05) is 0 Å². The van der Waals surface area contributed by atoms with Gasteiger partial charge in [0.1, 0.15) is 0 Å². The van der Waals surface area contributed by atoms with E-state index in [0.29, 0.717) is 6.07 Å². The third-order valence-corrected chi connectivity index (χ3v) is 4.80. The normalized spacial score (nSPS) is 18.0. The molecule has 1 aromatic rings.